The number of carbonyl (C=O) groups is 2. The van der Waals surface area contributed by atoms with Crippen molar-refractivity contribution >= 4 is 29.8 Å². The highest BCUT2D eigenvalue weighted by atomic mass is 16.7. The van der Waals surface area contributed by atoms with Gasteiger partial charge in [-0.15, -0.1) is 0 Å². The molecule has 1 aliphatic rings. The number of pyridine rings is 1. The normalized spacial score (nSPS) is 13.5. The molecule has 0 atom stereocenters. The van der Waals surface area contributed by atoms with Gasteiger partial charge in [-0.1, -0.05) is 6.92 Å². The molecular formula is C16H20N4O3. The van der Waals surface area contributed by atoms with Gasteiger partial charge in [0, 0.05) is 30.3 Å². The smallest absolute Gasteiger partial charge is 0.273 e. The Morgan fingerprint density at radius 1 is 1.48 bits per heavy atom. The van der Waals surface area contributed by atoms with Crippen LogP contribution in [0.4, 0.5) is 5.69 Å². The summed E-state index contributed by atoms with van der Waals surface area (Å²) < 4.78 is 0. The van der Waals surface area contributed by atoms with Crippen molar-refractivity contribution in [1.82, 2.24) is 10.0 Å². The molecular weight excluding hydrogens is 296 g/mol. The minimum absolute atomic E-state index is 0.207. The van der Waals surface area contributed by atoms with E-state index in [1.54, 1.807) is 12.1 Å². The standard InChI is InChI=1S/C16H20N4O3/c1-3-5-20(23-4-2)16(22)12-7-13-14(19-15(17)8-12)6-11(10-21)9-18-13/h6-7,9-10H,3-5,8H2,1-2H3,(H2,17,19). The van der Waals surface area contributed by atoms with Crippen LogP contribution in [0.2, 0.25) is 0 Å². The van der Waals surface area contributed by atoms with Crippen LogP contribution < -0.4 is 5.73 Å². The molecule has 1 aromatic heterocycles. The van der Waals surface area contributed by atoms with Gasteiger partial charge in [-0.25, -0.2) is 10.1 Å². The van der Waals surface area contributed by atoms with Gasteiger partial charge in [0.2, 0.25) is 0 Å². The lowest BCUT2D eigenvalue weighted by atomic mass is 10.1. The molecule has 0 unspecified atom stereocenters. The number of nitrogens with zero attached hydrogens (tertiary/aromatic N) is 3. The molecule has 0 bridgehead atoms. The molecule has 1 amide bonds. The van der Waals surface area contributed by atoms with Gasteiger partial charge < -0.3 is 5.73 Å². The summed E-state index contributed by atoms with van der Waals surface area (Å²) in [5.41, 5.74) is 7.75. The first kappa shape index (κ1) is 16.8. The zero-order valence-corrected chi connectivity index (χ0v) is 13.3. The van der Waals surface area contributed by atoms with Gasteiger partial charge >= 0.3 is 0 Å². The van der Waals surface area contributed by atoms with Crippen molar-refractivity contribution in [2.75, 3.05) is 13.2 Å². The molecule has 0 spiro atoms. The molecule has 1 aromatic rings. The molecule has 122 valence electrons. The number of amides is 1. The number of aldehydes is 1. The van der Waals surface area contributed by atoms with Crippen LogP contribution in [0.5, 0.6) is 0 Å². The molecule has 23 heavy (non-hydrogen) atoms. The third-order valence-electron chi connectivity index (χ3n) is 3.21. The Balaban J connectivity index is 2.38. The molecule has 0 saturated carbocycles. The van der Waals surface area contributed by atoms with E-state index >= 15 is 0 Å². The maximum Gasteiger partial charge on any atom is 0.273 e. The van der Waals surface area contributed by atoms with Crippen LogP contribution in [-0.2, 0) is 9.63 Å². The van der Waals surface area contributed by atoms with Gasteiger partial charge in [0.1, 0.15) is 5.84 Å². The maximum atomic E-state index is 12.6. The van der Waals surface area contributed by atoms with Gasteiger partial charge in [0.05, 0.1) is 18.0 Å². The van der Waals surface area contributed by atoms with Crippen LogP contribution in [-0.4, -0.2) is 41.2 Å². The van der Waals surface area contributed by atoms with Crippen LogP contribution in [0, 0.1) is 0 Å². The number of hydrogen-bond donors (Lipinski definition) is 1. The number of aromatic nitrogens is 1. The summed E-state index contributed by atoms with van der Waals surface area (Å²) in [6, 6.07) is 1.60. The van der Waals surface area contributed by atoms with Crippen molar-refractivity contribution in [3.8, 4) is 0 Å². The van der Waals surface area contributed by atoms with Crippen molar-refractivity contribution in [1.29, 1.82) is 0 Å². The molecule has 0 fully saturated rings. The molecule has 1 aliphatic heterocycles. The van der Waals surface area contributed by atoms with Crippen molar-refractivity contribution in [3.63, 3.8) is 0 Å². The maximum absolute atomic E-state index is 12.6. The van der Waals surface area contributed by atoms with Crippen LogP contribution in [0.15, 0.2) is 22.8 Å². The van der Waals surface area contributed by atoms with E-state index in [0.717, 1.165) is 6.42 Å². The Morgan fingerprint density at radius 3 is 2.91 bits per heavy atom. The summed E-state index contributed by atoms with van der Waals surface area (Å²) in [4.78, 5) is 37.3. The Bertz CT molecular complexity index is 661. The molecule has 7 nitrogen and oxygen atoms in total. The molecule has 0 radical (unpaired) electrons. The largest absolute Gasteiger partial charge is 0.387 e. The summed E-state index contributed by atoms with van der Waals surface area (Å²) in [5, 5.41) is 1.34. The van der Waals surface area contributed by atoms with E-state index in [-0.39, 0.29) is 12.3 Å². The Kier molecular flexibility index (Phi) is 5.59. The average Bonchev–Trinajstić information content (AvgIpc) is 2.71. The Hall–Kier alpha value is -2.54. The monoisotopic (exact) mass is 316 g/mol. The van der Waals surface area contributed by atoms with Crippen molar-refractivity contribution in [2.24, 2.45) is 10.7 Å². The second-order valence-electron chi connectivity index (χ2n) is 5.07. The SMILES string of the molecule is CCCN(OCC)C(=O)C1=Cc2ncc(C=O)cc2N=C(N)C1. The number of rotatable bonds is 6. The van der Waals surface area contributed by atoms with Crippen LogP contribution in [0.25, 0.3) is 6.08 Å². The second-order valence-corrected chi connectivity index (χ2v) is 5.07. The summed E-state index contributed by atoms with van der Waals surface area (Å²) in [7, 11) is 0. The number of hydrogen-bond acceptors (Lipinski definition) is 6. The fraction of sp³-hybridized carbons (Fsp3) is 0.375. The summed E-state index contributed by atoms with van der Waals surface area (Å²) in [6.07, 6.45) is 4.77. The van der Waals surface area contributed by atoms with E-state index in [9.17, 15) is 9.59 Å². The highest BCUT2D eigenvalue weighted by Crippen LogP contribution is 2.26. The van der Waals surface area contributed by atoms with Crippen LogP contribution >= 0.6 is 0 Å². The van der Waals surface area contributed by atoms with Gasteiger partial charge in [0.15, 0.2) is 6.29 Å². The third-order valence-corrected chi connectivity index (χ3v) is 3.21. The first-order valence-electron chi connectivity index (χ1n) is 7.52. The molecule has 7 heteroatoms. The zero-order valence-electron chi connectivity index (χ0n) is 13.3. The molecule has 0 aliphatic carbocycles. The lowest BCUT2D eigenvalue weighted by Crippen LogP contribution is -2.34. The Labute approximate surface area is 134 Å². The quantitative estimate of drug-likeness (QED) is 0.638. The van der Waals surface area contributed by atoms with Crippen molar-refractivity contribution < 1.29 is 14.4 Å². The highest BCUT2D eigenvalue weighted by molar-refractivity contribution is 6.05. The van der Waals surface area contributed by atoms with Gasteiger partial charge in [-0.3, -0.25) is 19.4 Å². The molecule has 2 N–H and O–H groups in total. The number of hydroxylamine groups is 2. The van der Waals surface area contributed by atoms with Gasteiger partial charge in [-0.2, -0.15) is 0 Å². The molecule has 0 saturated heterocycles. The minimum Gasteiger partial charge on any atom is -0.387 e. The number of amidine groups is 1. The van der Waals surface area contributed by atoms with Crippen LogP contribution in [0.3, 0.4) is 0 Å². The summed E-state index contributed by atoms with van der Waals surface area (Å²) in [5.74, 6) is 0.0436. The predicted octanol–water partition coefficient (Wildman–Crippen LogP) is 1.86. The number of carbonyl (C=O) groups excluding carboxylic acids is 2. The molecule has 2 rings (SSSR count). The Morgan fingerprint density at radius 2 is 2.26 bits per heavy atom. The van der Waals surface area contributed by atoms with E-state index in [1.165, 1.54) is 11.3 Å². The van der Waals surface area contributed by atoms with Crippen molar-refractivity contribution in [2.45, 2.75) is 26.7 Å². The lowest BCUT2D eigenvalue weighted by Gasteiger charge is -2.21. The first-order valence-corrected chi connectivity index (χ1v) is 7.52. The number of nitrogens with two attached hydrogens (primary N) is 1. The lowest BCUT2D eigenvalue weighted by molar-refractivity contribution is -0.180. The number of fused-ring (bicyclic) bond motifs is 1. The van der Waals surface area contributed by atoms with E-state index in [4.69, 9.17) is 10.6 Å². The molecule has 2 heterocycles. The average molecular weight is 316 g/mol. The van der Waals surface area contributed by atoms with Crippen LogP contribution in [0.1, 0.15) is 42.7 Å². The van der Waals surface area contributed by atoms with E-state index < -0.39 is 0 Å². The van der Waals surface area contributed by atoms with E-state index in [1.807, 2.05) is 13.8 Å². The predicted molar refractivity (Wildman–Crippen MR) is 87.1 cm³/mol. The summed E-state index contributed by atoms with van der Waals surface area (Å²) in [6.45, 7) is 4.69. The first-order chi connectivity index (χ1) is 11.1. The highest BCUT2D eigenvalue weighted by Gasteiger charge is 2.22. The van der Waals surface area contributed by atoms with Crippen molar-refractivity contribution in [3.05, 3.63) is 29.1 Å². The minimum atomic E-state index is -0.249. The van der Waals surface area contributed by atoms with E-state index in [0.29, 0.717) is 47.8 Å². The zero-order chi connectivity index (χ0) is 16.8. The fourth-order valence-electron chi connectivity index (χ4n) is 2.23. The second kappa shape index (κ2) is 7.64. The summed E-state index contributed by atoms with van der Waals surface area (Å²) >= 11 is 0. The third kappa shape index (κ3) is 4.01. The van der Waals surface area contributed by atoms with Gasteiger partial charge in [0.25, 0.3) is 5.91 Å². The number of aliphatic imine (C=N–C) groups is 1. The topological polar surface area (TPSA) is 97.9 Å². The fourth-order valence-corrected chi connectivity index (χ4v) is 2.23. The molecule has 0 aromatic carbocycles. The van der Waals surface area contributed by atoms with E-state index in [2.05, 4.69) is 9.98 Å². The van der Waals surface area contributed by atoms with Gasteiger partial charge in [-0.05, 0) is 25.5 Å².